The summed E-state index contributed by atoms with van der Waals surface area (Å²) in [5.74, 6) is -2.51. The van der Waals surface area contributed by atoms with Crippen LogP contribution in [0.5, 0.6) is 0 Å². The van der Waals surface area contributed by atoms with Crippen molar-refractivity contribution in [3.63, 3.8) is 0 Å². The van der Waals surface area contributed by atoms with Crippen LogP contribution in [0, 0.1) is 0 Å². The molecule has 4 rings (SSSR count). The zero-order valence-electron chi connectivity index (χ0n) is 17.2. The Morgan fingerprint density at radius 2 is 1.65 bits per heavy atom. The fourth-order valence-electron chi connectivity index (χ4n) is 3.68. The van der Waals surface area contributed by atoms with Gasteiger partial charge in [-0.2, -0.15) is 0 Å². The van der Waals surface area contributed by atoms with Crippen LogP contribution in [0.3, 0.4) is 0 Å². The topological polar surface area (TPSA) is 81.1 Å². The minimum Gasteiger partial charge on any atom is -0.478 e. The first-order valence-electron chi connectivity index (χ1n) is 9.95. The van der Waals surface area contributed by atoms with Crippen molar-refractivity contribution in [1.82, 2.24) is 9.80 Å². The van der Waals surface area contributed by atoms with Gasteiger partial charge in [-0.05, 0) is 48.9 Å². The Bertz CT molecular complexity index is 958. The van der Waals surface area contributed by atoms with E-state index in [1.807, 2.05) is 17.8 Å². The van der Waals surface area contributed by atoms with E-state index in [1.165, 1.54) is 20.9 Å². The molecule has 2 N–H and O–H groups in total. The summed E-state index contributed by atoms with van der Waals surface area (Å²) in [5.41, 5.74) is 2.84. The highest BCUT2D eigenvalue weighted by atomic mass is 35.5. The number of nitrogens with zero attached hydrogens (tertiary/aromatic N) is 2. The molecule has 8 heteroatoms. The molecule has 2 aliphatic rings. The van der Waals surface area contributed by atoms with Gasteiger partial charge in [0.15, 0.2) is 0 Å². The van der Waals surface area contributed by atoms with Gasteiger partial charge in [0, 0.05) is 59.2 Å². The van der Waals surface area contributed by atoms with Crippen LogP contribution in [-0.4, -0.2) is 65.2 Å². The molecule has 2 heterocycles. The minimum absolute atomic E-state index is 0.425. The van der Waals surface area contributed by atoms with Gasteiger partial charge in [0.2, 0.25) is 0 Å². The molecule has 0 aliphatic carbocycles. The highest BCUT2D eigenvalue weighted by Crippen LogP contribution is 2.43. The number of fused-ring (bicyclic) bond motifs is 2. The Balaban J connectivity index is 0.000000293. The van der Waals surface area contributed by atoms with Crippen LogP contribution < -0.4 is 0 Å². The quantitative estimate of drug-likeness (QED) is 0.669. The molecule has 0 spiro atoms. The largest absolute Gasteiger partial charge is 0.478 e. The van der Waals surface area contributed by atoms with Gasteiger partial charge < -0.3 is 15.1 Å². The molecule has 1 saturated heterocycles. The summed E-state index contributed by atoms with van der Waals surface area (Å²) in [7, 11) is 2.21. The SMILES string of the molecule is CN1CCN(C2Cc3ccccc3Sc3ccc(Cl)cc32)CC1.O=C(O)C=CC(=O)O. The average molecular weight is 461 g/mol. The number of hydrogen-bond donors (Lipinski definition) is 2. The maximum atomic E-state index is 9.55. The van der Waals surface area contributed by atoms with Crippen LogP contribution in [-0.2, 0) is 16.0 Å². The number of likely N-dealkylation sites (N-methyl/N-ethyl adjacent to an activating group) is 1. The van der Waals surface area contributed by atoms with Gasteiger partial charge in [-0.25, -0.2) is 9.59 Å². The molecule has 2 aromatic rings. The van der Waals surface area contributed by atoms with Crippen molar-refractivity contribution < 1.29 is 19.8 Å². The molecule has 31 heavy (non-hydrogen) atoms. The van der Waals surface area contributed by atoms with Crippen molar-refractivity contribution in [2.24, 2.45) is 0 Å². The second-order valence-electron chi connectivity index (χ2n) is 7.46. The smallest absolute Gasteiger partial charge is 0.328 e. The molecule has 0 bridgehead atoms. The number of carbonyl (C=O) groups is 2. The summed E-state index contributed by atoms with van der Waals surface area (Å²) in [6, 6.07) is 15.6. The van der Waals surface area contributed by atoms with Gasteiger partial charge in [-0.3, -0.25) is 4.90 Å². The van der Waals surface area contributed by atoms with Crippen LogP contribution in [0.25, 0.3) is 0 Å². The molecule has 0 saturated carbocycles. The Kier molecular flexibility index (Phi) is 8.15. The van der Waals surface area contributed by atoms with Gasteiger partial charge in [-0.15, -0.1) is 0 Å². The van der Waals surface area contributed by atoms with Gasteiger partial charge in [0.1, 0.15) is 0 Å². The maximum absolute atomic E-state index is 9.55. The number of piperazine rings is 1. The molecule has 0 radical (unpaired) electrons. The van der Waals surface area contributed by atoms with Crippen LogP contribution in [0.4, 0.5) is 0 Å². The zero-order valence-corrected chi connectivity index (χ0v) is 18.8. The zero-order chi connectivity index (χ0) is 22.4. The minimum atomic E-state index is -1.26. The van der Waals surface area contributed by atoms with Gasteiger partial charge in [0.05, 0.1) is 0 Å². The highest BCUT2D eigenvalue weighted by Gasteiger charge is 2.29. The lowest BCUT2D eigenvalue weighted by atomic mass is 9.96. The molecule has 0 aromatic heterocycles. The molecule has 1 fully saturated rings. The van der Waals surface area contributed by atoms with Gasteiger partial charge in [-0.1, -0.05) is 41.6 Å². The first-order chi connectivity index (χ1) is 14.8. The maximum Gasteiger partial charge on any atom is 0.328 e. The fourth-order valence-corrected chi connectivity index (χ4v) is 4.98. The van der Waals surface area contributed by atoms with Crippen LogP contribution in [0.15, 0.2) is 64.4 Å². The lowest BCUT2D eigenvalue weighted by Crippen LogP contribution is -2.46. The number of rotatable bonds is 3. The Labute approximate surface area is 191 Å². The monoisotopic (exact) mass is 460 g/mol. The van der Waals surface area contributed by atoms with E-state index in [9.17, 15) is 9.59 Å². The third kappa shape index (κ3) is 6.58. The summed E-state index contributed by atoms with van der Waals surface area (Å²) in [5, 5.41) is 16.5. The highest BCUT2D eigenvalue weighted by molar-refractivity contribution is 7.99. The first-order valence-corrected chi connectivity index (χ1v) is 11.1. The summed E-state index contributed by atoms with van der Waals surface area (Å²) in [4.78, 5) is 26.9. The predicted molar refractivity (Wildman–Crippen MR) is 122 cm³/mol. The van der Waals surface area contributed by atoms with E-state index in [0.29, 0.717) is 18.2 Å². The Morgan fingerprint density at radius 1 is 1.00 bits per heavy atom. The number of hydrogen-bond acceptors (Lipinski definition) is 5. The van der Waals surface area contributed by atoms with E-state index in [0.717, 1.165) is 37.6 Å². The van der Waals surface area contributed by atoms with E-state index in [2.05, 4.69) is 53.2 Å². The summed E-state index contributed by atoms with van der Waals surface area (Å²) in [6.07, 6.45) is 2.19. The molecular formula is C23H25ClN2O4S. The van der Waals surface area contributed by atoms with E-state index in [1.54, 1.807) is 0 Å². The van der Waals surface area contributed by atoms with E-state index >= 15 is 0 Å². The lowest BCUT2D eigenvalue weighted by molar-refractivity contribution is -0.134. The second kappa shape index (κ2) is 10.8. The molecule has 1 atom stereocenters. The van der Waals surface area contributed by atoms with Crippen molar-refractivity contribution in [3.8, 4) is 0 Å². The molecule has 6 nitrogen and oxygen atoms in total. The molecule has 164 valence electrons. The predicted octanol–water partition coefficient (Wildman–Crippen LogP) is 4.05. The van der Waals surface area contributed by atoms with Crippen molar-refractivity contribution >= 4 is 35.3 Å². The number of benzene rings is 2. The summed E-state index contributed by atoms with van der Waals surface area (Å²) >= 11 is 8.22. The summed E-state index contributed by atoms with van der Waals surface area (Å²) < 4.78 is 0. The number of carboxylic acid groups (broad SMARTS) is 2. The molecule has 0 amide bonds. The molecule has 1 unspecified atom stereocenters. The normalized spacial score (nSPS) is 19.0. The lowest BCUT2D eigenvalue weighted by Gasteiger charge is -2.38. The van der Waals surface area contributed by atoms with E-state index < -0.39 is 11.9 Å². The van der Waals surface area contributed by atoms with Crippen molar-refractivity contribution in [2.75, 3.05) is 33.2 Å². The number of carboxylic acids is 2. The van der Waals surface area contributed by atoms with Crippen molar-refractivity contribution in [3.05, 3.63) is 70.8 Å². The standard InChI is InChI=1S/C19H21ClN2S.C4H4O4/c1-21-8-10-22(11-9-21)17-12-14-4-2-3-5-18(14)23-19-7-6-15(20)13-16(17)19;5-3(6)1-2-4(7)8/h2-7,13,17H,8-12H2,1H3;1-2H,(H,5,6)(H,7,8). The van der Waals surface area contributed by atoms with Crippen LogP contribution in [0.1, 0.15) is 17.2 Å². The second-order valence-corrected chi connectivity index (χ2v) is 8.98. The van der Waals surface area contributed by atoms with E-state index in [4.69, 9.17) is 21.8 Å². The van der Waals surface area contributed by atoms with Crippen molar-refractivity contribution in [1.29, 1.82) is 0 Å². The van der Waals surface area contributed by atoms with Crippen molar-refractivity contribution in [2.45, 2.75) is 22.3 Å². The fraction of sp³-hybridized carbons (Fsp3) is 0.304. The number of aliphatic carboxylic acids is 2. The Morgan fingerprint density at radius 3 is 2.29 bits per heavy atom. The van der Waals surface area contributed by atoms with E-state index in [-0.39, 0.29) is 0 Å². The number of halogens is 1. The Hall–Kier alpha value is -2.32. The van der Waals surface area contributed by atoms with Crippen LogP contribution in [0.2, 0.25) is 5.02 Å². The third-order valence-corrected chi connectivity index (χ3v) is 6.73. The molecule has 2 aliphatic heterocycles. The van der Waals surface area contributed by atoms with Gasteiger partial charge >= 0.3 is 11.9 Å². The average Bonchev–Trinajstić information content (AvgIpc) is 2.90. The van der Waals surface area contributed by atoms with Gasteiger partial charge in [0.25, 0.3) is 0 Å². The first kappa shape index (κ1) is 23.3. The van der Waals surface area contributed by atoms with Crippen LogP contribution >= 0.6 is 23.4 Å². The summed E-state index contributed by atoms with van der Waals surface area (Å²) in [6.45, 7) is 4.53. The molecule has 2 aromatic carbocycles. The molecular weight excluding hydrogens is 436 g/mol. The third-order valence-electron chi connectivity index (χ3n) is 5.28.